The van der Waals surface area contributed by atoms with Crippen molar-refractivity contribution in [1.82, 2.24) is 4.98 Å². The van der Waals surface area contributed by atoms with Gasteiger partial charge in [0.2, 0.25) is 0 Å². The summed E-state index contributed by atoms with van der Waals surface area (Å²) >= 11 is 0. The molecular formula is C15H25NO2. The fourth-order valence-corrected chi connectivity index (χ4v) is 2.49. The van der Waals surface area contributed by atoms with Crippen LogP contribution in [-0.2, 0) is 4.74 Å². The molecule has 3 nitrogen and oxygen atoms in total. The van der Waals surface area contributed by atoms with E-state index in [1.807, 2.05) is 0 Å². The molecule has 0 amide bonds. The Morgan fingerprint density at radius 2 is 1.44 bits per heavy atom. The summed E-state index contributed by atoms with van der Waals surface area (Å²) in [6.45, 7) is 12.9. The number of hydrogen-bond acceptors (Lipinski definition) is 2. The van der Waals surface area contributed by atoms with Crippen LogP contribution in [0.3, 0.4) is 0 Å². The second kappa shape index (κ2) is 5.59. The number of esters is 1. The molecule has 3 heteroatoms. The highest BCUT2D eigenvalue weighted by molar-refractivity contribution is 5.90. The van der Waals surface area contributed by atoms with E-state index in [0.29, 0.717) is 23.4 Å². The van der Waals surface area contributed by atoms with Crippen LogP contribution >= 0.6 is 0 Å². The Balaban J connectivity index is 3.54. The second-order valence-electron chi connectivity index (χ2n) is 5.70. The van der Waals surface area contributed by atoms with Gasteiger partial charge in [0.05, 0.1) is 7.11 Å². The highest BCUT2D eigenvalue weighted by Crippen LogP contribution is 2.35. The van der Waals surface area contributed by atoms with Crippen LogP contribution in [0.1, 0.15) is 86.6 Å². The van der Waals surface area contributed by atoms with E-state index in [9.17, 15) is 4.79 Å². The molecule has 0 aliphatic rings. The van der Waals surface area contributed by atoms with Crippen molar-refractivity contribution in [1.29, 1.82) is 0 Å². The summed E-state index contributed by atoms with van der Waals surface area (Å²) < 4.78 is 4.88. The predicted molar refractivity (Wildman–Crippen MR) is 74.4 cm³/mol. The molecule has 0 bridgehead atoms. The summed E-state index contributed by atoms with van der Waals surface area (Å²) in [6.07, 6.45) is 0. The van der Waals surface area contributed by atoms with Crippen molar-refractivity contribution < 1.29 is 9.53 Å². The van der Waals surface area contributed by atoms with Crippen molar-refractivity contribution in [2.75, 3.05) is 7.11 Å². The molecule has 0 unspecified atom stereocenters. The molecule has 1 rings (SSSR count). The number of carbonyl (C=O) groups is 1. The number of hydrogen-bond donors (Lipinski definition) is 1. The largest absolute Gasteiger partial charge is 0.464 e. The van der Waals surface area contributed by atoms with E-state index in [2.05, 4.69) is 46.5 Å². The van der Waals surface area contributed by atoms with E-state index in [4.69, 9.17) is 4.74 Å². The van der Waals surface area contributed by atoms with Gasteiger partial charge in [-0.3, -0.25) is 0 Å². The van der Waals surface area contributed by atoms with Gasteiger partial charge in [0.25, 0.3) is 0 Å². The quantitative estimate of drug-likeness (QED) is 0.816. The van der Waals surface area contributed by atoms with Gasteiger partial charge in [-0.1, -0.05) is 41.5 Å². The van der Waals surface area contributed by atoms with E-state index < -0.39 is 0 Å². The first-order valence-corrected chi connectivity index (χ1v) is 6.65. The van der Waals surface area contributed by atoms with Gasteiger partial charge in [0.15, 0.2) is 0 Å². The Hall–Kier alpha value is -1.25. The predicted octanol–water partition coefficient (Wildman–Crippen LogP) is 4.17. The van der Waals surface area contributed by atoms with Gasteiger partial charge < -0.3 is 9.72 Å². The molecule has 1 aromatic heterocycles. The van der Waals surface area contributed by atoms with Crippen LogP contribution < -0.4 is 0 Å². The standard InChI is InChI=1S/C15H25NO2/c1-8(2)11-12(9(3)4)14(15(17)18-7)16-13(11)10(5)6/h8-10,16H,1-7H3. The van der Waals surface area contributed by atoms with Gasteiger partial charge in [0.1, 0.15) is 5.69 Å². The van der Waals surface area contributed by atoms with Crippen LogP contribution in [0, 0.1) is 0 Å². The van der Waals surface area contributed by atoms with Crippen molar-refractivity contribution in [3.05, 3.63) is 22.5 Å². The van der Waals surface area contributed by atoms with Crippen LogP contribution in [0.5, 0.6) is 0 Å². The van der Waals surface area contributed by atoms with Gasteiger partial charge in [-0.05, 0) is 28.9 Å². The highest BCUT2D eigenvalue weighted by Gasteiger charge is 2.26. The van der Waals surface area contributed by atoms with Crippen LogP contribution in [-0.4, -0.2) is 18.1 Å². The summed E-state index contributed by atoms with van der Waals surface area (Å²) in [5, 5.41) is 0. The zero-order valence-electron chi connectivity index (χ0n) is 12.5. The highest BCUT2D eigenvalue weighted by atomic mass is 16.5. The van der Waals surface area contributed by atoms with Crippen LogP contribution in [0.4, 0.5) is 0 Å². The summed E-state index contributed by atoms with van der Waals surface area (Å²) in [5.41, 5.74) is 4.18. The molecule has 0 saturated heterocycles. The molecule has 0 atom stereocenters. The Labute approximate surface area is 110 Å². The minimum absolute atomic E-state index is 0.271. The lowest BCUT2D eigenvalue weighted by Gasteiger charge is -2.15. The second-order valence-corrected chi connectivity index (χ2v) is 5.70. The van der Waals surface area contributed by atoms with Crippen LogP contribution in [0.2, 0.25) is 0 Å². The maximum Gasteiger partial charge on any atom is 0.354 e. The summed E-state index contributed by atoms with van der Waals surface area (Å²) in [6, 6.07) is 0. The number of carbonyl (C=O) groups excluding carboxylic acids is 1. The molecule has 1 heterocycles. The maximum atomic E-state index is 11.9. The smallest absolute Gasteiger partial charge is 0.354 e. The SMILES string of the molecule is COC(=O)c1[nH]c(C(C)C)c(C(C)C)c1C(C)C. The van der Waals surface area contributed by atoms with E-state index in [0.717, 1.165) is 11.3 Å². The lowest BCUT2D eigenvalue weighted by molar-refractivity contribution is 0.0593. The van der Waals surface area contributed by atoms with Gasteiger partial charge in [0, 0.05) is 5.69 Å². The minimum Gasteiger partial charge on any atom is -0.464 e. The van der Waals surface area contributed by atoms with E-state index in [1.165, 1.54) is 12.7 Å². The van der Waals surface area contributed by atoms with E-state index in [-0.39, 0.29) is 5.97 Å². The van der Waals surface area contributed by atoms with Crippen molar-refractivity contribution in [3.8, 4) is 0 Å². The topological polar surface area (TPSA) is 42.1 Å². The first kappa shape index (κ1) is 14.8. The third-order valence-corrected chi connectivity index (χ3v) is 3.23. The van der Waals surface area contributed by atoms with Crippen LogP contribution in [0.25, 0.3) is 0 Å². The van der Waals surface area contributed by atoms with Gasteiger partial charge >= 0.3 is 5.97 Å². The van der Waals surface area contributed by atoms with E-state index in [1.54, 1.807) is 0 Å². The lowest BCUT2D eigenvalue weighted by Crippen LogP contribution is -2.07. The Morgan fingerprint density at radius 3 is 1.78 bits per heavy atom. The molecule has 102 valence electrons. The number of rotatable bonds is 4. The zero-order chi connectivity index (χ0) is 14.0. The summed E-state index contributed by atoms with van der Waals surface area (Å²) in [5.74, 6) is 0.806. The Bertz CT molecular complexity index is 428. The number of ether oxygens (including phenoxy) is 1. The maximum absolute atomic E-state index is 11.9. The molecule has 0 aliphatic heterocycles. The average molecular weight is 251 g/mol. The number of H-pyrrole nitrogens is 1. The molecule has 0 aliphatic carbocycles. The van der Waals surface area contributed by atoms with Crippen molar-refractivity contribution in [3.63, 3.8) is 0 Å². The first-order valence-electron chi connectivity index (χ1n) is 6.65. The van der Waals surface area contributed by atoms with Crippen molar-refractivity contribution >= 4 is 5.97 Å². The number of aromatic nitrogens is 1. The van der Waals surface area contributed by atoms with Gasteiger partial charge in [-0.15, -0.1) is 0 Å². The molecule has 0 spiro atoms. The third-order valence-electron chi connectivity index (χ3n) is 3.23. The summed E-state index contributed by atoms with van der Waals surface area (Å²) in [4.78, 5) is 15.2. The monoisotopic (exact) mass is 251 g/mol. The number of methoxy groups -OCH3 is 1. The molecule has 0 aromatic carbocycles. The Morgan fingerprint density at radius 1 is 0.944 bits per heavy atom. The molecule has 0 fully saturated rings. The fourth-order valence-electron chi connectivity index (χ4n) is 2.49. The number of nitrogens with one attached hydrogen (secondary N) is 1. The molecule has 18 heavy (non-hydrogen) atoms. The molecule has 0 radical (unpaired) electrons. The Kier molecular flexibility index (Phi) is 4.60. The van der Waals surface area contributed by atoms with Gasteiger partial charge in [-0.2, -0.15) is 0 Å². The number of aromatic amines is 1. The van der Waals surface area contributed by atoms with Crippen molar-refractivity contribution in [2.45, 2.75) is 59.3 Å². The zero-order valence-corrected chi connectivity index (χ0v) is 12.5. The molecule has 0 saturated carbocycles. The summed E-state index contributed by atoms with van der Waals surface area (Å²) in [7, 11) is 1.43. The fraction of sp³-hybridized carbons (Fsp3) is 0.667. The first-order chi connectivity index (χ1) is 8.31. The lowest BCUT2D eigenvalue weighted by atomic mass is 9.88. The average Bonchev–Trinajstić information content (AvgIpc) is 2.68. The minimum atomic E-state index is -0.271. The van der Waals surface area contributed by atoms with E-state index >= 15 is 0 Å². The normalized spacial score (nSPS) is 11.7. The van der Waals surface area contributed by atoms with Crippen molar-refractivity contribution in [2.24, 2.45) is 0 Å². The molecular weight excluding hydrogens is 226 g/mol. The third kappa shape index (κ3) is 2.60. The van der Waals surface area contributed by atoms with Crippen LogP contribution in [0.15, 0.2) is 0 Å². The molecule has 1 aromatic rings. The van der Waals surface area contributed by atoms with Gasteiger partial charge in [-0.25, -0.2) is 4.79 Å². The molecule has 1 N–H and O–H groups in total.